The molecule has 0 saturated carbocycles. The first kappa shape index (κ1) is 22.9. The minimum Gasteiger partial charge on any atom is -0.457 e. The molecule has 13 heteroatoms. The van der Waals surface area contributed by atoms with Crippen molar-refractivity contribution in [2.75, 3.05) is 13.2 Å². The van der Waals surface area contributed by atoms with Crippen LogP contribution in [-0.4, -0.2) is 34.5 Å². The second-order valence-corrected chi connectivity index (χ2v) is 7.69. The van der Waals surface area contributed by atoms with Gasteiger partial charge in [0.15, 0.2) is 5.69 Å². The van der Waals surface area contributed by atoms with E-state index in [4.69, 9.17) is 25.3 Å². The van der Waals surface area contributed by atoms with Crippen molar-refractivity contribution in [2.24, 2.45) is 0 Å². The molecule has 1 aliphatic heterocycles. The highest BCUT2D eigenvalue weighted by atomic mass is 32.2. The molecular formula is C18H15BF3NO7S. The lowest BCUT2D eigenvalue weighted by Gasteiger charge is -2.20. The van der Waals surface area contributed by atoms with E-state index in [1.54, 1.807) is 0 Å². The van der Waals surface area contributed by atoms with Crippen LogP contribution in [0.4, 0.5) is 18.9 Å². The maximum absolute atomic E-state index is 12.7. The van der Waals surface area contributed by atoms with Gasteiger partial charge in [0.2, 0.25) is 0 Å². The van der Waals surface area contributed by atoms with Gasteiger partial charge >= 0.3 is 22.9 Å². The number of halogens is 3. The summed E-state index contributed by atoms with van der Waals surface area (Å²) in [7, 11) is -6.93. The highest BCUT2D eigenvalue weighted by Crippen LogP contribution is 2.33. The smallest absolute Gasteiger partial charge is 0.457 e. The first-order valence-electron chi connectivity index (χ1n) is 8.82. The van der Waals surface area contributed by atoms with E-state index in [9.17, 15) is 21.6 Å². The highest BCUT2D eigenvalue weighted by Gasteiger charge is 2.48. The Morgan fingerprint density at radius 3 is 2.32 bits per heavy atom. The Labute approximate surface area is 176 Å². The van der Waals surface area contributed by atoms with Crippen LogP contribution in [0.15, 0.2) is 42.5 Å². The fraction of sp³-hybridized carbons (Fsp3) is 0.278. The molecule has 1 heterocycles. The first-order chi connectivity index (χ1) is 14.7. The lowest BCUT2D eigenvalue weighted by molar-refractivity contribution is -0.0500. The Morgan fingerprint density at radius 1 is 1.06 bits per heavy atom. The van der Waals surface area contributed by atoms with Crippen molar-refractivity contribution in [1.29, 1.82) is 0 Å². The van der Waals surface area contributed by atoms with E-state index < -0.39 is 28.7 Å². The molecule has 0 spiro atoms. The van der Waals surface area contributed by atoms with Gasteiger partial charge in [-0.25, -0.2) is 4.85 Å². The van der Waals surface area contributed by atoms with Crippen molar-refractivity contribution in [1.82, 2.24) is 0 Å². The maximum Gasteiger partial charge on any atom is 0.639 e. The number of benzene rings is 2. The van der Waals surface area contributed by atoms with Crippen LogP contribution in [0.1, 0.15) is 12.0 Å². The molecule has 8 nitrogen and oxygen atoms in total. The monoisotopic (exact) mass is 457 g/mol. The number of rotatable bonds is 7. The molecule has 0 atom stereocenters. The molecule has 1 aliphatic rings. The summed E-state index contributed by atoms with van der Waals surface area (Å²) in [6.45, 7) is 7.32. The molecular weight excluding hydrogens is 442 g/mol. The van der Waals surface area contributed by atoms with Crippen molar-refractivity contribution in [2.45, 2.75) is 18.5 Å². The van der Waals surface area contributed by atoms with Gasteiger partial charge in [0, 0.05) is 18.8 Å². The topological polar surface area (TPSA) is 84.7 Å². The van der Waals surface area contributed by atoms with E-state index in [0.717, 1.165) is 6.07 Å². The summed E-state index contributed by atoms with van der Waals surface area (Å²) in [6, 6.07) is 9.65. The van der Waals surface area contributed by atoms with Gasteiger partial charge in [-0.1, -0.05) is 12.1 Å². The summed E-state index contributed by atoms with van der Waals surface area (Å²) in [5.41, 5.74) is -5.24. The second kappa shape index (κ2) is 9.57. The molecule has 0 aromatic heterocycles. The predicted octanol–water partition coefficient (Wildman–Crippen LogP) is 4.20. The third kappa shape index (κ3) is 6.11. The van der Waals surface area contributed by atoms with Gasteiger partial charge in [-0.2, -0.15) is 21.6 Å². The van der Waals surface area contributed by atoms with Crippen molar-refractivity contribution in [3.63, 3.8) is 0 Å². The molecule has 0 radical (unpaired) electrons. The Balaban J connectivity index is 1.83. The Hall–Kier alpha value is -2.79. The molecule has 164 valence electrons. The predicted molar refractivity (Wildman–Crippen MR) is 102 cm³/mol. The van der Waals surface area contributed by atoms with E-state index >= 15 is 0 Å². The number of hydrogen-bond acceptors (Lipinski definition) is 7. The molecule has 1 saturated heterocycles. The lowest BCUT2D eigenvalue weighted by Crippen LogP contribution is -2.32. The lowest BCUT2D eigenvalue weighted by atomic mass is 10.1. The van der Waals surface area contributed by atoms with Crippen LogP contribution in [-0.2, 0) is 30.7 Å². The first-order valence-corrected chi connectivity index (χ1v) is 10.2. The third-order valence-electron chi connectivity index (χ3n) is 3.89. The largest absolute Gasteiger partial charge is 0.639 e. The molecule has 3 rings (SSSR count). The molecule has 0 aliphatic carbocycles. The summed E-state index contributed by atoms with van der Waals surface area (Å²) in [6.07, 6.45) is 0.660. The van der Waals surface area contributed by atoms with Gasteiger partial charge in [-0.05, 0) is 36.8 Å². The Kier molecular flexibility index (Phi) is 7.06. The highest BCUT2D eigenvalue weighted by molar-refractivity contribution is 7.88. The third-order valence-corrected chi connectivity index (χ3v) is 4.85. The van der Waals surface area contributed by atoms with Crippen molar-refractivity contribution in [3.05, 3.63) is 59.4 Å². The molecule has 0 bridgehead atoms. The second-order valence-electron chi connectivity index (χ2n) is 6.16. The molecule has 1 fully saturated rings. The number of alkyl halides is 3. The number of hydrogen-bond donors (Lipinski definition) is 0. The number of nitrogens with zero attached hydrogens (tertiary/aromatic N) is 1. The zero-order valence-corrected chi connectivity index (χ0v) is 16.6. The van der Waals surface area contributed by atoms with Crippen molar-refractivity contribution in [3.8, 4) is 17.2 Å². The van der Waals surface area contributed by atoms with E-state index in [0.29, 0.717) is 31.1 Å². The van der Waals surface area contributed by atoms with Gasteiger partial charge in [0.1, 0.15) is 17.2 Å². The van der Waals surface area contributed by atoms with Gasteiger partial charge in [-0.3, -0.25) is 0 Å². The van der Waals surface area contributed by atoms with Gasteiger partial charge in [0.05, 0.1) is 13.2 Å². The average molecular weight is 457 g/mol. The van der Waals surface area contributed by atoms with Crippen LogP contribution in [0, 0.1) is 6.57 Å². The van der Waals surface area contributed by atoms with Crippen LogP contribution in [0.2, 0.25) is 0 Å². The van der Waals surface area contributed by atoms with Crippen LogP contribution in [0.25, 0.3) is 4.85 Å². The molecule has 0 unspecified atom stereocenters. The fourth-order valence-corrected chi connectivity index (χ4v) is 2.92. The SMILES string of the molecule is [C-]#[N+]c1ccc(Oc2ccc(OS(=O)(=O)C(F)(F)F)c(COB3OCCCO3)c2)cc1. The molecule has 2 aromatic rings. The average Bonchev–Trinajstić information content (AvgIpc) is 2.74. The normalized spacial score (nSPS) is 14.7. The standard InChI is InChI=1S/C18H15BF3NO7S/c1-23-14-3-5-15(6-4-14)29-16-7-8-17(30-31(24,25)18(20,21)22)13(11-16)12-28-19-26-9-2-10-27-19/h3-8,11H,2,9-10,12H2. The van der Waals surface area contributed by atoms with Crippen LogP contribution >= 0.6 is 0 Å². The number of ether oxygens (including phenoxy) is 1. The molecule has 0 N–H and O–H groups in total. The van der Waals surface area contributed by atoms with Crippen LogP contribution in [0.3, 0.4) is 0 Å². The summed E-state index contributed by atoms with van der Waals surface area (Å²) >= 11 is 0. The van der Waals surface area contributed by atoms with E-state index in [1.807, 2.05) is 0 Å². The summed E-state index contributed by atoms with van der Waals surface area (Å²) < 4.78 is 86.7. The molecule has 0 amide bonds. The fourth-order valence-electron chi connectivity index (χ4n) is 2.42. The van der Waals surface area contributed by atoms with Crippen molar-refractivity contribution >= 4 is 23.1 Å². The van der Waals surface area contributed by atoms with Gasteiger partial charge in [0.25, 0.3) is 0 Å². The van der Waals surface area contributed by atoms with Crippen LogP contribution < -0.4 is 8.92 Å². The minimum atomic E-state index is -5.88. The molecule has 31 heavy (non-hydrogen) atoms. The summed E-state index contributed by atoms with van der Waals surface area (Å²) in [5, 5.41) is 0. The van der Waals surface area contributed by atoms with Gasteiger partial charge in [-0.15, -0.1) is 0 Å². The maximum atomic E-state index is 12.7. The van der Waals surface area contributed by atoms with Crippen LogP contribution in [0.5, 0.6) is 17.2 Å². The van der Waals surface area contributed by atoms with E-state index in [-0.39, 0.29) is 17.9 Å². The Morgan fingerprint density at radius 2 is 1.71 bits per heavy atom. The van der Waals surface area contributed by atoms with Crippen molar-refractivity contribution < 1.29 is 44.5 Å². The molecule has 2 aromatic carbocycles. The summed E-state index contributed by atoms with van der Waals surface area (Å²) in [4.78, 5) is 3.26. The quantitative estimate of drug-likeness (QED) is 0.267. The zero-order chi connectivity index (χ0) is 22.5. The minimum absolute atomic E-state index is 0.0409. The zero-order valence-electron chi connectivity index (χ0n) is 15.8. The van der Waals surface area contributed by atoms with E-state index in [2.05, 4.69) is 9.03 Å². The Bertz CT molecular complexity index is 1050. The van der Waals surface area contributed by atoms with Gasteiger partial charge < -0.3 is 22.9 Å². The summed E-state index contributed by atoms with van der Waals surface area (Å²) in [5.74, 6) is -0.0463. The van der Waals surface area contributed by atoms with E-state index in [1.165, 1.54) is 36.4 Å².